The van der Waals surface area contributed by atoms with Gasteiger partial charge in [0, 0.05) is 34.8 Å². The predicted molar refractivity (Wildman–Crippen MR) is 186 cm³/mol. The van der Waals surface area contributed by atoms with Crippen molar-refractivity contribution in [3.8, 4) is 17.3 Å². The number of aromatic nitrogens is 4. The van der Waals surface area contributed by atoms with Gasteiger partial charge in [0.2, 0.25) is 11.8 Å². The Morgan fingerprint density at radius 2 is 1.69 bits per heavy atom. The molecule has 0 radical (unpaired) electrons. The second-order valence-corrected chi connectivity index (χ2v) is 12.9. The quantitative estimate of drug-likeness (QED) is 0.107. The second-order valence-electron chi connectivity index (χ2n) is 11.5. The highest BCUT2D eigenvalue weighted by Gasteiger charge is 2.17. The fraction of sp³-hybridized carbons (Fsp3) is 0.143. The molecular formula is C35H33N7O5S. The van der Waals surface area contributed by atoms with Crippen LogP contribution in [0.5, 0.6) is 11.6 Å². The molecule has 0 bridgehead atoms. The first kappa shape index (κ1) is 32.2. The lowest BCUT2D eigenvalue weighted by Crippen LogP contribution is -2.21. The number of nitrogens with zero attached hydrogens (tertiary/aromatic N) is 4. The Kier molecular flexibility index (Phi) is 9.06. The van der Waals surface area contributed by atoms with Gasteiger partial charge in [-0.25, -0.2) is 14.5 Å². The fourth-order valence-electron chi connectivity index (χ4n) is 5.04. The number of anilines is 4. The maximum Gasteiger partial charge on any atom is 0.324 e. The van der Waals surface area contributed by atoms with Gasteiger partial charge < -0.3 is 15.4 Å². The summed E-state index contributed by atoms with van der Waals surface area (Å²) in [7, 11) is -4.18. The molecule has 2 heterocycles. The Morgan fingerprint density at radius 1 is 0.917 bits per heavy atom. The van der Waals surface area contributed by atoms with Crippen LogP contribution < -0.4 is 20.7 Å². The molecule has 12 nitrogen and oxygen atoms in total. The molecule has 4 N–H and O–H groups in total. The van der Waals surface area contributed by atoms with Crippen LogP contribution in [0.15, 0.2) is 103 Å². The van der Waals surface area contributed by atoms with Crippen LogP contribution in [0, 0.1) is 6.92 Å². The Bertz CT molecular complexity index is 2220. The van der Waals surface area contributed by atoms with Crippen LogP contribution in [0.4, 0.5) is 27.9 Å². The van der Waals surface area contributed by atoms with E-state index >= 15 is 0 Å². The van der Waals surface area contributed by atoms with Crippen molar-refractivity contribution < 1.29 is 22.5 Å². The normalized spacial score (nSPS) is 11.4. The highest BCUT2D eigenvalue weighted by Crippen LogP contribution is 2.34. The molecular weight excluding hydrogens is 630 g/mol. The maximum absolute atomic E-state index is 13.3. The summed E-state index contributed by atoms with van der Waals surface area (Å²) in [6.07, 6.45) is 1.53. The first-order chi connectivity index (χ1) is 23.0. The summed E-state index contributed by atoms with van der Waals surface area (Å²) in [5.74, 6) is 1.20. The van der Waals surface area contributed by atoms with Gasteiger partial charge in [0.1, 0.15) is 17.3 Å². The fourth-order valence-corrected chi connectivity index (χ4v) is 5.64. The van der Waals surface area contributed by atoms with Crippen LogP contribution in [0.3, 0.4) is 0 Å². The average molecular weight is 664 g/mol. The van der Waals surface area contributed by atoms with Crippen LogP contribution in [0.1, 0.15) is 36.6 Å². The lowest BCUT2D eigenvalue weighted by atomic mass is 10.1. The van der Waals surface area contributed by atoms with Crippen LogP contribution >= 0.6 is 0 Å². The van der Waals surface area contributed by atoms with Gasteiger partial charge in [0.25, 0.3) is 10.1 Å². The molecule has 0 aliphatic heterocycles. The molecule has 244 valence electrons. The largest absolute Gasteiger partial charge is 0.438 e. The van der Waals surface area contributed by atoms with Crippen molar-refractivity contribution in [3.05, 3.63) is 120 Å². The van der Waals surface area contributed by atoms with Gasteiger partial charge in [0.05, 0.1) is 17.1 Å². The molecule has 2 aromatic heterocycles. The number of nitrogens with one attached hydrogen (secondary N) is 3. The molecule has 6 rings (SSSR count). The zero-order chi connectivity index (χ0) is 33.8. The van der Waals surface area contributed by atoms with E-state index in [1.165, 1.54) is 6.20 Å². The molecule has 0 aliphatic carbocycles. The SMILES string of the molecule is Cc1ccc(-n2nc(C(C)C)cc2NC(=O)Nc2ccc(Oc3ccnc(Nc4cccc(CS(=O)(=O)O)c4)n3)c3ccccc23)cc1. The van der Waals surface area contributed by atoms with E-state index in [0.717, 1.165) is 27.7 Å². The maximum atomic E-state index is 13.3. The van der Waals surface area contributed by atoms with Crippen molar-refractivity contribution in [1.82, 2.24) is 19.7 Å². The standard InChI is InChI=1S/C35H33N7O5S/c1-22(2)30-20-32(42(41-30)26-13-11-23(3)12-14-26)39-35(43)38-29-15-16-31(28-10-5-4-9-27(28)29)47-33-17-18-36-34(40-33)37-25-8-6-7-24(19-25)21-48(44,45)46/h4-20,22H,21H2,1-3H3,(H,36,37,40)(H2,38,39,43)(H,44,45,46). The summed E-state index contributed by atoms with van der Waals surface area (Å²) in [4.78, 5) is 22.0. The number of aryl methyl sites for hydroxylation is 1. The van der Waals surface area contributed by atoms with Gasteiger partial charge in [-0.3, -0.25) is 9.87 Å². The van der Waals surface area contributed by atoms with Crippen LogP contribution in [-0.2, 0) is 15.9 Å². The molecule has 48 heavy (non-hydrogen) atoms. The van der Waals surface area contributed by atoms with Crippen molar-refractivity contribution >= 4 is 50.1 Å². The zero-order valence-electron chi connectivity index (χ0n) is 26.4. The van der Waals surface area contributed by atoms with E-state index in [4.69, 9.17) is 9.84 Å². The van der Waals surface area contributed by atoms with Crippen molar-refractivity contribution in [2.75, 3.05) is 16.0 Å². The zero-order valence-corrected chi connectivity index (χ0v) is 27.2. The Hall–Kier alpha value is -5.79. The third-order valence-electron chi connectivity index (χ3n) is 7.35. The number of hydrogen-bond acceptors (Lipinski definition) is 8. The van der Waals surface area contributed by atoms with Crippen molar-refractivity contribution in [1.29, 1.82) is 0 Å². The lowest BCUT2D eigenvalue weighted by Gasteiger charge is -2.14. The van der Waals surface area contributed by atoms with Gasteiger partial charge in [-0.2, -0.15) is 18.5 Å². The van der Waals surface area contributed by atoms with E-state index in [2.05, 4.69) is 39.8 Å². The van der Waals surface area contributed by atoms with E-state index < -0.39 is 21.9 Å². The molecule has 0 saturated heterocycles. The van der Waals surface area contributed by atoms with Crippen molar-refractivity contribution in [3.63, 3.8) is 0 Å². The lowest BCUT2D eigenvalue weighted by molar-refractivity contribution is 0.262. The summed E-state index contributed by atoms with van der Waals surface area (Å²) in [5.41, 5.74) is 4.33. The Balaban J connectivity index is 1.20. The van der Waals surface area contributed by atoms with E-state index in [9.17, 15) is 17.8 Å². The van der Waals surface area contributed by atoms with E-state index in [0.29, 0.717) is 28.5 Å². The van der Waals surface area contributed by atoms with Gasteiger partial charge in [-0.05, 0) is 54.8 Å². The molecule has 2 amide bonds. The smallest absolute Gasteiger partial charge is 0.324 e. The minimum atomic E-state index is -4.18. The Labute approximate surface area is 277 Å². The van der Waals surface area contributed by atoms with Crippen molar-refractivity contribution in [2.24, 2.45) is 0 Å². The van der Waals surface area contributed by atoms with Gasteiger partial charge in [-0.1, -0.05) is 67.9 Å². The second kappa shape index (κ2) is 13.5. The first-order valence-electron chi connectivity index (χ1n) is 15.1. The molecule has 0 aliphatic rings. The molecule has 0 fully saturated rings. The Morgan fingerprint density at radius 3 is 2.44 bits per heavy atom. The molecule has 4 aromatic carbocycles. The van der Waals surface area contributed by atoms with E-state index in [1.807, 2.05) is 61.5 Å². The molecule has 0 unspecified atom stereocenters. The molecule has 6 aromatic rings. The van der Waals surface area contributed by atoms with Crippen LogP contribution in [-0.4, -0.2) is 38.8 Å². The first-order valence-corrected chi connectivity index (χ1v) is 16.7. The van der Waals surface area contributed by atoms with Gasteiger partial charge in [-0.15, -0.1) is 0 Å². The minimum Gasteiger partial charge on any atom is -0.438 e. The number of amides is 2. The summed E-state index contributed by atoms with van der Waals surface area (Å²) in [6.45, 7) is 6.12. The minimum absolute atomic E-state index is 0.169. The van der Waals surface area contributed by atoms with Gasteiger partial charge in [0.15, 0.2) is 0 Å². The number of fused-ring (bicyclic) bond motifs is 1. The number of benzene rings is 4. The van der Waals surface area contributed by atoms with Crippen LogP contribution in [0.25, 0.3) is 16.5 Å². The third-order valence-corrected chi connectivity index (χ3v) is 8.05. The summed E-state index contributed by atoms with van der Waals surface area (Å²) in [6, 6.07) is 28.6. The van der Waals surface area contributed by atoms with E-state index in [1.54, 1.807) is 47.1 Å². The van der Waals surface area contributed by atoms with Crippen LogP contribution in [0.2, 0.25) is 0 Å². The number of carbonyl (C=O) groups excluding carboxylic acids is 1. The summed E-state index contributed by atoms with van der Waals surface area (Å²) >= 11 is 0. The van der Waals surface area contributed by atoms with Crippen molar-refractivity contribution in [2.45, 2.75) is 32.4 Å². The number of carbonyl (C=O) groups is 1. The summed E-state index contributed by atoms with van der Waals surface area (Å²) in [5, 5.41) is 15.2. The number of rotatable bonds is 10. The topological polar surface area (TPSA) is 160 Å². The van der Waals surface area contributed by atoms with Gasteiger partial charge >= 0.3 is 6.03 Å². The van der Waals surface area contributed by atoms with E-state index in [-0.39, 0.29) is 17.7 Å². The molecule has 0 spiro atoms. The highest BCUT2D eigenvalue weighted by molar-refractivity contribution is 7.85. The number of hydrogen-bond donors (Lipinski definition) is 4. The number of ether oxygens (including phenoxy) is 1. The monoisotopic (exact) mass is 663 g/mol. The summed E-state index contributed by atoms with van der Waals surface area (Å²) < 4.78 is 39.7. The average Bonchev–Trinajstić information content (AvgIpc) is 3.46. The molecule has 0 saturated carbocycles. The molecule has 0 atom stereocenters. The highest BCUT2D eigenvalue weighted by atomic mass is 32.2. The third kappa shape index (κ3) is 7.77. The number of urea groups is 1. The predicted octanol–water partition coefficient (Wildman–Crippen LogP) is 7.82. The molecule has 13 heteroatoms.